The first-order valence-electron chi connectivity index (χ1n) is 34.9. The first kappa shape index (κ1) is 83.4. The molecule has 9 nitrogen and oxygen atoms in total. The number of nitrogens with zero attached hydrogens (tertiary/aromatic N) is 1. The molecule has 498 valence electrons. The lowest BCUT2D eigenvalue weighted by Gasteiger charge is -2.24. The summed E-state index contributed by atoms with van der Waals surface area (Å²) in [4.78, 5) is 35.8. The minimum atomic E-state index is -4.41. The predicted molar refractivity (Wildman–Crippen MR) is 380 cm³/mol. The van der Waals surface area contributed by atoms with Gasteiger partial charge in [-0.1, -0.05) is 280 Å². The van der Waals surface area contributed by atoms with E-state index in [0.29, 0.717) is 17.4 Å². The molecule has 0 radical (unpaired) electrons. The number of phosphoric ester groups is 1. The maximum Gasteiger partial charge on any atom is 0.472 e. The Morgan fingerprint density at radius 2 is 0.648 bits per heavy atom. The fraction of sp³-hybridized carbons (Fsp3) is 0.615. The summed E-state index contributed by atoms with van der Waals surface area (Å²) in [6.07, 6.45) is 102. The van der Waals surface area contributed by atoms with E-state index in [1.807, 2.05) is 21.1 Å². The Labute approximate surface area is 540 Å². The zero-order valence-electron chi connectivity index (χ0n) is 56.6. The summed E-state index contributed by atoms with van der Waals surface area (Å²) in [5.74, 6) is -0.827. The Morgan fingerprint density at radius 1 is 0.364 bits per heavy atom. The van der Waals surface area contributed by atoms with Crippen molar-refractivity contribution in [2.75, 3.05) is 47.5 Å². The molecular weight excluding hydrogens is 1110 g/mol. The predicted octanol–water partition coefficient (Wildman–Crippen LogP) is 22.9. The van der Waals surface area contributed by atoms with E-state index < -0.39 is 26.5 Å². The lowest BCUT2D eigenvalue weighted by atomic mass is 10.1. The molecule has 0 saturated heterocycles. The third-order valence-electron chi connectivity index (χ3n) is 14.2. The van der Waals surface area contributed by atoms with Crippen LogP contribution in [-0.4, -0.2) is 74.9 Å². The molecule has 1 N–H and O–H groups in total. The smallest absolute Gasteiger partial charge is 0.462 e. The monoisotopic (exact) mass is 1240 g/mol. The van der Waals surface area contributed by atoms with Crippen LogP contribution in [0.1, 0.15) is 258 Å². The molecule has 0 rings (SSSR count). The summed E-state index contributed by atoms with van der Waals surface area (Å²) in [6, 6.07) is 0. The van der Waals surface area contributed by atoms with E-state index in [1.165, 1.54) is 83.5 Å². The van der Waals surface area contributed by atoms with Gasteiger partial charge in [-0.3, -0.25) is 18.6 Å². The maximum atomic E-state index is 12.9. The van der Waals surface area contributed by atoms with E-state index in [1.54, 1.807) is 0 Å². The fourth-order valence-electron chi connectivity index (χ4n) is 8.91. The van der Waals surface area contributed by atoms with Crippen molar-refractivity contribution in [3.63, 3.8) is 0 Å². The van der Waals surface area contributed by atoms with Gasteiger partial charge in [0, 0.05) is 12.8 Å². The average Bonchev–Trinajstić information content (AvgIpc) is 3.58. The zero-order chi connectivity index (χ0) is 64.1. The number of quaternary nitrogens is 1. The number of phosphoric acid groups is 1. The molecule has 0 heterocycles. The molecular formula is C78H129NO8P+. The number of hydrogen-bond acceptors (Lipinski definition) is 7. The SMILES string of the molecule is CC/C=C\C/C=C\C/C=C\C/C=C\C/C=C\C/C=C\C/C=C\C/C=C\C/C=C\C/C=C\C/C=C\CCCCCCCCCC(=O)OC(COC(=O)CCCCCCCCCC/C=C\C/C=C\C/C=C\CCCCCCC)COP(=O)(O)OCC[N+](C)(C)C. The van der Waals surface area contributed by atoms with Gasteiger partial charge in [0.2, 0.25) is 0 Å². The molecule has 0 fully saturated rings. The number of carbonyl (C=O) groups is 2. The molecule has 0 bridgehead atoms. The number of unbranched alkanes of at least 4 members (excludes halogenated alkanes) is 20. The van der Waals surface area contributed by atoms with Crippen LogP contribution in [0.3, 0.4) is 0 Å². The number of likely N-dealkylation sites (N-methyl/N-ethyl adjacent to an activating group) is 1. The van der Waals surface area contributed by atoms with Crippen LogP contribution >= 0.6 is 7.82 Å². The summed E-state index contributed by atoms with van der Waals surface area (Å²) >= 11 is 0. The number of rotatable bonds is 62. The van der Waals surface area contributed by atoms with Gasteiger partial charge in [0.1, 0.15) is 19.8 Å². The van der Waals surface area contributed by atoms with Gasteiger partial charge in [-0.05, 0) is 135 Å². The van der Waals surface area contributed by atoms with E-state index in [2.05, 4.69) is 184 Å². The molecule has 0 aliphatic carbocycles. The van der Waals surface area contributed by atoms with E-state index in [9.17, 15) is 19.0 Å². The first-order valence-corrected chi connectivity index (χ1v) is 36.4. The van der Waals surface area contributed by atoms with Crippen molar-refractivity contribution >= 4 is 19.8 Å². The molecule has 0 aromatic carbocycles. The second-order valence-electron chi connectivity index (χ2n) is 23.8. The highest BCUT2D eigenvalue weighted by atomic mass is 31.2. The van der Waals surface area contributed by atoms with Crippen LogP contribution in [0, 0.1) is 0 Å². The number of hydrogen-bond donors (Lipinski definition) is 1. The molecule has 0 aliphatic rings. The minimum Gasteiger partial charge on any atom is -0.462 e. The Balaban J connectivity index is 4.16. The first-order chi connectivity index (χ1) is 43.0. The number of carbonyl (C=O) groups excluding carboxylic acids is 2. The second kappa shape index (κ2) is 66.8. The van der Waals surface area contributed by atoms with Crippen LogP contribution in [-0.2, 0) is 32.7 Å². The summed E-state index contributed by atoms with van der Waals surface area (Å²) in [5.41, 5.74) is 0. The van der Waals surface area contributed by atoms with Gasteiger partial charge in [-0.2, -0.15) is 0 Å². The Bertz CT molecular complexity index is 2090. The molecule has 0 aliphatic heterocycles. The van der Waals surface area contributed by atoms with Gasteiger partial charge in [0.05, 0.1) is 27.7 Å². The van der Waals surface area contributed by atoms with E-state index in [0.717, 1.165) is 141 Å². The average molecular weight is 1240 g/mol. The van der Waals surface area contributed by atoms with Crippen molar-refractivity contribution in [2.45, 2.75) is 264 Å². The van der Waals surface area contributed by atoms with Crippen LogP contribution in [0.4, 0.5) is 0 Å². The van der Waals surface area contributed by atoms with Crippen molar-refractivity contribution in [3.8, 4) is 0 Å². The van der Waals surface area contributed by atoms with Crippen LogP contribution < -0.4 is 0 Å². The van der Waals surface area contributed by atoms with E-state index in [-0.39, 0.29) is 32.0 Å². The number of esters is 2. The van der Waals surface area contributed by atoms with Crippen molar-refractivity contribution in [3.05, 3.63) is 170 Å². The minimum absolute atomic E-state index is 0.0193. The fourth-order valence-corrected chi connectivity index (χ4v) is 9.65. The summed E-state index contributed by atoms with van der Waals surface area (Å²) < 4.78 is 34.7. The number of allylic oxidation sites excluding steroid dienone is 28. The highest BCUT2D eigenvalue weighted by Gasteiger charge is 2.27. The normalized spacial score (nSPS) is 14.2. The van der Waals surface area contributed by atoms with Gasteiger partial charge in [0.25, 0.3) is 0 Å². The van der Waals surface area contributed by atoms with Gasteiger partial charge >= 0.3 is 19.8 Å². The van der Waals surface area contributed by atoms with Crippen LogP contribution in [0.2, 0.25) is 0 Å². The molecule has 0 saturated carbocycles. The van der Waals surface area contributed by atoms with Crippen molar-refractivity contribution in [1.29, 1.82) is 0 Å². The highest BCUT2D eigenvalue weighted by Crippen LogP contribution is 2.43. The molecule has 0 amide bonds. The molecule has 0 aromatic heterocycles. The summed E-state index contributed by atoms with van der Waals surface area (Å²) in [5, 5.41) is 0. The third-order valence-corrected chi connectivity index (χ3v) is 15.2. The topological polar surface area (TPSA) is 108 Å². The van der Waals surface area contributed by atoms with Crippen molar-refractivity contribution in [1.82, 2.24) is 0 Å². The lowest BCUT2D eigenvalue weighted by molar-refractivity contribution is -0.870. The maximum absolute atomic E-state index is 12.9. The molecule has 0 aromatic rings. The largest absolute Gasteiger partial charge is 0.472 e. The molecule has 88 heavy (non-hydrogen) atoms. The lowest BCUT2D eigenvalue weighted by Crippen LogP contribution is -2.37. The Hall–Kier alpha value is -4.63. The highest BCUT2D eigenvalue weighted by molar-refractivity contribution is 7.47. The Morgan fingerprint density at radius 3 is 0.966 bits per heavy atom. The molecule has 2 atom stereocenters. The van der Waals surface area contributed by atoms with Crippen molar-refractivity contribution < 1.29 is 42.1 Å². The molecule has 0 spiro atoms. The number of ether oxygens (including phenoxy) is 2. The molecule has 2 unspecified atom stereocenters. The second-order valence-corrected chi connectivity index (χ2v) is 25.3. The van der Waals surface area contributed by atoms with Crippen LogP contribution in [0.5, 0.6) is 0 Å². The Kier molecular flexibility index (Phi) is 63.3. The van der Waals surface area contributed by atoms with Crippen LogP contribution in [0.25, 0.3) is 0 Å². The van der Waals surface area contributed by atoms with Gasteiger partial charge < -0.3 is 18.9 Å². The third kappa shape index (κ3) is 70.5. The quantitative estimate of drug-likeness (QED) is 0.0211. The van der Waals surface area contributed by atoms with Gasteiger partial charge in [-0.15, -0.1) is 0 Å². The van der Waals surface area contributed by atoms with Crippen LogP contribution in [0.15, 0.2) is 170 Å². The molecule has 10 heteroatoms. The van der Waals surface area contributed by atoms with Crippen molar-refractivity contribution in [2.24, 2.45) is 0 Å². The van der Waals surface area contributed by atoms with E-state index >= 15 is 0 Å². The standard InChI is InChI=1S/C78H128NO8P/c1-6-8-10-12-14-16-18-20-22-24-26-28-30-31-32-33-34-35-36-37-38-39-40-41-42-43-44-45-46-47-49-51-53-55-57-59-61-63-65-67-69-71-78(81)87-76(75-86-88(82,83)85-73-72-79(3,4)5)74-84-77(80)70-68-66-64-62-60-58-56-54-52-50-48-29-27-25-23-21-19-17-15-13-11-9-7-2/h8,10,14,16,19-22,25-28,31-32,34-35,37-38,40-41,43-44,46-48,50-51,53,76H,6-7,9,11-13,15,17-18,23-24,29-30,33,36,39,42,45,49,52,54-75H2,1-5H3/p+1/b10-8-,16-14-,21-19-,22-20-,27-25-,28-26-,32-31-,35-34-,38-37-,41-40-,44-43-,47-46-,50-48-,53-51-. The van der Waals surface area contributed by atoms with E-state index in [4.69, 9.17) is 18.5 Å². The summed E-state index contributed by atoms with van der Waals surface area (Å²) in [7, 11) is 1.44. The van der Waals surface area contributed by atoms with Gasteiger partial charge in [-0.25, -0.2) is 4.57 Å². The summed E-state index contributed by atoms with van der Waals surface area (Å²) in [6.45, 7) is 4.27. The zero-order valence-corrected chi connectivity index (χ0v) is 57.5. The van der Waals surface area contributed by atoms with Gasteiger partial charge in [0.15, 0.2) is 6.10 Å².